The van der Waals surface area contributed by atoms with E-state index in [0.717, 1.165) is 16.0 Å². The maximum absolute atomic E-state index is 10.9. The summed E-state index contributed by atoms with van der Waals surface area (Å²) in [5.41, 5.74) is 2.31. The first-order chi connectivity index (χ1) is 9.49. The normalized spacial score (nSPS) is 10.3. The van der Waals surface area contributed by atoms with E-state index in [1.165, 1.54) is 23.9 Å². The van der Waals surface area contributed by atoms with Gasteiger partial charge in [0.2, 0.25) is 0 Å². The molecule has 0 saturated carbocycles. The maximum atomic E-state index is 10.9. The molecule has 0 fully saturated rings. The Hall–Kier alpha value is -2.08. The molecule has 0 radical (unpaired) electrons. The van der Waals surface area contributed by atoms with E-state index < -0.39 is 4.92 Å². The summed E-state index contributed by atoms with van der Waals surface area (Å²) in [6.45, 7) is 4.03. The van der Waals surface area contributed by atoms with E-state index in [1.807, 2.05) is 26.0 Å². The average molecular weight is 289 g/mol. The van der Waals surface area contributed by atoms with Crippen LogP contribution in [0.4, 0.5) is 11.5 Å². The highest BCUT2D eigenvalue weighted by Crippen LogP contribution is 2.32. The van der Waals surface area contributed by atoms with Crippen molar-refractivity contribution in [2.24, 2.45) is 0 Å². The molecule has 0 unspecified atom stereocenters. The van der Waals surface area contributed by atoms with E-state index in [0.29, 0.717) is 10.8 Å². The average Bonchev–Trinajstić information content (AvgIpc) is 2.42. The molecule has 0 atom stereocenters. The molecule has 0 saturated heterocycles. The van der Waals surface area contributed by atoms with Gasteiger partial charge in [-0.25, -0.2) is 4.98 Å². The zero-order valence-electron chi connectivity index (χ0n) is 11.5. The van der Waals surface area contributed by atoms with Gasteiger partial charge >= 0.3 is 0 Å². The highest BCUT2D eigenvalue weighted by atomic mass is 32.2. The van der Waals surface area contributed by atoms with Crippen LogP contribution in [-0.2, 0) is 0 Å². The topological polar surface area (TPSA) is 68.1 Å². The van der Waals surface area contributed by atoms with E-state index in [4.69, 9.17) is 0 Å². The molecule has 5 nitrogen and oxygen atoms in total. The van der Waals surface area contributed by atoms with Crippen LogP contribution in [0.1, 0.15) is 11.1 Å². The summed E-state index contributed by atoms with van der Waals surface area (Å²) in [7, 11) is 1.69. The Morgan fingerprint density at radius 1 is 1.25 bits per heavy atom. The second-order valence-electron chi connectivity index (χ2n) is 4.43. The van der Waals surface area contributed by atoms with Gasteiger partial charge in [0.25, 0.3) is 5.69 Å². The number of hydrogen-bond acceptors (Lipinski definition) is 5. The molecule has 104 valence electrons. The number of benzene rings is 1. The van der Waals surface area contributed by atoms with Gasteiger partial charge in [0.05, 0.1) is 11.0 Å². The number of nitrogens with one attached hydrogen (secondary N) is 1. The maximum Gasteiger partial charge on any atom is 0.275 e. The van der Waals surface area contributed by atoms with E-state index in [2.05, 4.69) is 16.4 Å². The van der Waals surface area contributed by atoms with Crippen molar-refractivity contribution in [3.05, 3.63) is 51.6 Å². The lowest BCUT2D eigenvalue weighted by molar-refractivity contribution is -0.385. The van der Waals surface area contributed by atoms with Crippen molar-refractivity contribution < 1.29 is 4.92 Å². The number of hydrogen-bond donors (Lipinski definition) is 1. The highest BCUT2D eigenvalue weighted by molar-refractivity contribution is 7.99. The third-order valence-electron chi connectivity index (χ3n) is 2.81. The zero-order valence-corrected chi connectivity index (χ0v) is 12.3. The van der Waals surface area contributed by atoms with Gasteiger partial charge < -0.3 is 5.32 Å². The van der Waals surface area contributed by atoms with Crippen LogP contribution in [0.2, 0.25) is 0 Å². The molecule has 0 aliphatic rings. The summed E-state index contributed by atoms with van der Waals surface area (Å²) >= 11 is 1.43. The molecule has 1 aromatic carbocycles. The summed E-state index contributed by atoms with van der Waals surface area (Å²) in [6, 6.07) is 9.05. The lowest BCUT2D eigenvalue weighted by Gasteiger charge is -2.07. The molecule has 1 aromatic heterocycles. The van der Waals surface area contributed by atoms with E-state index in [9.17, 15) is 10.1 Å². The monoisotopic (exact) mass is 289 g/mol. The molecule has 1 N–H and O–H groups in total. The van der Waals surface area contributed by atoms with Crippen LogP contribution in [0.3, 0.4) is 0 Å². The molecular formula is C14H15N3O2S. The smallest absolute Gasteiger partial charge is 0.275 e. The number of aromatic nitrogens is 1. The molecule has 2 rings (SSSR count). The highest BCUT2D eigenvalue weighted by Gasteiger charge is 2.12. The lowest BCUT2D eigenvalue weighted by Crippen LogP contribution is -1.97. The first-order valence-corrected chi connectivity index (χ1v) is 6.90. The van der Waals surface area contributed by atoms with Gasteiger partial charge in [0.1, 0.15) is 10.8 Å². The van der Waals surface area contributed by atoms with E-state index in [1.54, 1.807) is 7.05 Å². The Morgan fingerprint density at radius 2 is 2.00 bits per heavy atom. The van der Waals surface area contributed by atoms with Gasteiger partial charge in [-0.05, 0) is 31.0 Å². The Morgan fingerprint density at radius 3 is 2.65 bits per heavy atom. The van der Waals surface area contributed by atoms with Crippen LogP contribution in [-0.4, -0.2) is 17.0 Å². The minimum atomic E-state index is -0.407. The van der Waals surface area contributed by atoms with Crippen LogP contribution < -0.4 is 5.32 Å². The molecule has 0 spiro atoms. The Kier molecular flexibility index (Phi) is 4.24. The summed E-state index contributed by atoms with van der Waals surface area (Å²) in [5.74, 6) is 0.493. The van der Waals surface area contributed by atoms with E-state index in [-0.39, 0.29) is 5.69 Å². The number of aryl methyl sites for hydroxylation is 2. The van der Waals surface area contributed by atoms with Gasteiger partial charge in [0.15, 0.2) is 0 Å². The van der Waals surface area contributed by atoms with Gasteiger partial charge in [-0.1, -0.05) is 23.9 Å². The molecule has 0 amide bonds. The van der Waals surface area contributed by atoms with Gasteiger partial charge in [-0.15, -0.1) is 0 Å². The molecule has 2 aromatic rings. The van der Waals surface area contributed by atoms with Crippen molar-refractivity contribution >= 4 is 23.3 Å². The molecule has 0 aliphatic heterocycles. The first-order valence-electron chi connectivity index (χ1n) is 6.09. The fourth-order valence-electron chi connectivity index (χ4n) is 1.71. The summed E-state index contributed by atoms with van der Waals surface area (Å²) in [6.07, 6.45) is 0. The van der Waals surface area contributed by atoms with Crippen LogP contribution in [0.5, 0.6) is 0 Å². The lowest BCUT2D eigenvalue weighted by atomic mass is 10.2. The number of nitro groups is 1. The Balaban J connectivity index is 2.39. The Labute approximate surface area is 121 Å². The SMILES string of the molecule is CNc1cc([N+](=O)[O-])cc(Sc2cc(C)ccc2C)n1. The molecule has 1 heterocycles. The van der Waals surface area contributed by atoms with Gasteiger partial charge in [0, 0.05) is 18.0 Å². The summed E-state index contributed by atoms with van der Waals surface area (Å²) in [4.78, 5) is 15.9. The second kappa shape index (κ2) is 5.92. The molecule has 0 bridgehead atoms. The Bertz CT molecular complexity index is 659. The molecule has 6 heteroatoms. The minimum Gasteiger partial charge on any atom is -0.373 e. The predicted octanol–water partition coefficient (Wildman–Crippen LogP) is 3.80. The first kappa shape index (κ1) is 14.3. The van der Waals surface area contributed by atoms with Crippen molar-refractivity contribution in [2.75, 3.05) is 12.4 Å². The van der Waals surface area contributed by atoms with Crippen molar-refractivity contribution in [2.45, 2.75) is 23.8 Å². The number of rotatable bonds is 4. The standard InChI is InChI=1S/C14H15N3O2S/c1-9-4-5-10(2)12(6-9)20-14-8-11(17(18)19)7-13(15-3)16-14/h4-8H,1-3H3,(H,15,16). The predicted molar refractivity (Wildman–Crippen MR) is 80.5 cm³/mol. The van der Waals surface area contributed by atoms with E-state index >= 15 is 0 Å². The van der Waals surface area contributed by atoms with Crippen LogP contribution in [0, 0.1) is 24.0 Å². The summed E-state index contributed by atoms with van der Waals surface area (Å²) in [5, 5.41) is 14.4. The number of pyridine rings is 1. The van der Waals surface area contributed by atoms with Crippen molar-refractivity contribution in [1.82, 2.24) is 4.98 Å². The van der Waals surface area contributed by atoms with Crippen LogP contribution in [0.25, 0.3) is 0 Å². The third-order valence-corrected chi connectivity index (χ3v) is 3.89. The summed E-state index contributed by atoms with van der Waals surface area (Å²) < 4.78 is 0. The van der Waals surface area contributed by atoms with Crippen LogP contribution in [0.15, 0.2) is 40.3 Å². The van der Waals surface area contributed by atoms with Crippen molar-refractivity contribution in [3.63, 3.8) is 0 Å². The largest absolute Gasteiger partial charge is 0.373 e. The fraction of sp³-hybridized carbons (Fsp3) is 0.214. The fourth-order valence-corrected chi connectivity index (χ4v) is 2.73. The molecule has 20 heavy (non-hydrogen) atoms. The molecule has 0 aliphatic carbocycles. The number of nitrogens with zero attached hydrogens (tertiary/aromatic N) is 2. The third kappa shape index (κ3) is 3.27. The minimum absolute atomic E-state index is 0.0390. The van der Waals surface area contributed by atoms with Gasteiger partial charge in [-0.2, -0.15) is 0 Å². The number of anilines is 1. The second-order valence-corrected chi connectivity index (χ2v) is 5.49. The quantitative estimate of drug-likeness (QED) is 0.685. The molecular weight excluding hydrogens is 274 g/mol. The van der Waals surface area contributed by atoms with Crippen LogP contribution >= 0.6 is 11.8 Å². The van der Waals surface area contributed by atoms with Gasteiger partial charge in [-0.3, -0.25) is 10.1 Å². The van der Waals surface area contributed by atoms with Crippen molar-refractivity contribution in [1.29, 1.82) is 0 Å². The zero-order chi connectivity index (χ0) is 14.7. The van der Waals surface area contributed by atoms with Crippen molar-refractivity contribution in [3.8, 4) is 0 Å².